The Hall–Kier alpha value is -0.540. The number of benzene rings is 1. The van der Waals surface area contributed by atoms with Gasteiger partial charge in [0.2, 0.25) is 5.91 Å². The summed E-state index contributed by atoms with van der Waals surface area (Å²) in [4.78, 5) is 11.4. The molecular weight excluding hydrogens is 265 g/mol. The summed E-state index contributed by atoms with van der Waals surface area (Å²) >= 11 is 9.10. The quantitative estimate of drug-likeness (QED) is 0.877. The SMILES string of the molecule is CC(C)C(=O)Nc1ccc(Cl)cc1Br. The van der Waals surface area contributed by atoms with Gasteiger partial charge in [-0.3, -0.25) is 4.79 Å². The Balaban J connectivity index is 2.82. The molecule has 4 heteroatoms. The molecular formula is C10H11BrClNO. The number of hydrogen-bond acceptors (Lipinski definition) is 1. The average molecular weight is 277 g/mol. The van der Waals surface area contributed by atoms with Crippen LogP contribution in [-0.2, 0) is 4.79 Å². The number of carbonyl (C=O) groups excluding carboxylic acids is 1. The number of halogens is 2. The normalized spacial score (nSPS) is 10.4. The fourth-order valence-corrected chi connectivity index (χ4v) is 1.65. The zero-order valence-electron chi connectivity index (χ0n) is 7.97. The van der Waals surface area contributed by atoms with E-state index in [0.29, 0.717) is 5.02 Å². The van der Waals surface area contributed by atoms with Crippen molar-refractivity contribution < 1.29 is 4.79 Å². The summed E-state index contributed by atoms with van der Waals surface area (Å²) in [5.74, 6) is -0.0365. The third-order valence-electron chi connectivity index (χ3n) is 1.71. The first-order valence-corrected chi connectivity index (χ1v) is 5.43. The standard InChI is InChI=1S/C10H11BrClNO/c1-6(2)10(14)13-9-4-3-7(12)5-8(9)11/h3-6H,1-2H3,(H,13,14). The van der Waals surface area contributed by atoms with E-state index in [1.807, 2.05) is 13.8 Å². The maximum Gasteiger partial charge on any atom is 0.226 e. The Morgan fingerprint density at radius 1 is 1.50 bits per heavy atom. The molecule has 0 saturated carbocycles. The lowest BCUT2D eigenvalue weighted by Gasteiger charge is -2.09. The summed E-state index contributed by atoms with van der Waals surface area (Å²) in [6.07, 6.45) is 0. The molecule has 1 aromatic carbocycles. The van der Waals surface area contributed by atoms with Crippen LogP contribution in [0.15, 0.2) is 22.7 Å². The molecule has 0 aliphatic carbocycles. The van der Waals surface area contributed by atoms with Crippen LogP contribution in [0.3, 0.4) is 0 Å². The molecule has 1 rings (SSSR count). The van der Waals surface area contributed by atoms with Gasteiger partial charge in [0.15, 0.2) is 0 Å². The first-order chi connectivity index (χ1) is 6.50. The number of carbonyl (C=O) groups is 1. The van der Waals surface area contributed by atoms with Crippen molar-refractivity contribution in [2.45, 2.75) is 13.8 Å². The van der Waals surface area contributed by atoms with Crippen molar-refractivity contribution in [3.8, 4) is 0 Å². The molecule has 0 fully saturated rings. The van der Waals surface area contributed by atoms with E-state index in [-0.39, 0.29) is 11.8 Å². The lowest BCUT2D eigenvalue weighted by Crippen LogP contribution is -2.17. The predicted octanol–water partition coefficient (Wildman–Crippen LogP) is 3.70. The van der Waals surface area contributed by atoms with Gasteiger partial charge in [-0.15, -0.1) is 0 Å². The van der Waals surface area contributed by atoms with Gasteiger partial charge in [0.1, 0.15) is 0 Å². The summed E-state index contributed by atoms with van der Waals surface area (Å²) in [5.41, 5.74) is 0.744. The smallest absolute Gasteiger partial charge is 0.226 e. The summed E-state index contributed by atoms with van der Waals surface area (Å²) in [7, 11) is 0. The van der Waals surface area contributed by atoms with E-state index < -0.39 is 0 Å². The molecule has 1 N–H and O–H groups in total. The minimum atomic E-state index is -0.0300. The molecule has 0 aliphatic heterocycles. The van der Waals surface area contributed by atoms with Crippen molar-refractivity contribution in [2.75, 3.05) is 5.32 Å². The molecule has 0 spiro atoms. The highest BCUT2D eigenvalue weighted by Crippen LogP contribution is 2.26. The van der Waals surface area contributed by atoms with Crippen LogP contribution < -0.4 is 5.32 Å². The third-order valence-corrected chi connectivity index (χ3v) is 2.60. The molecule has 0 heterocycles. The predicted molar refractivity (Wildman–Crippen MR) is 62.6 cm³/mol. The second-order valence-electron chi connectivity index (χ2n) is 3.27. The first kappa shape index (κ1) is 11.5. The van der Waals surface area contributed by atoms with E-state index in [4.69, 9.17) is 11.6 Å². The Morgan fingerprint density at radius 2 is 2.14 bits per heavy atom. The molecule has 2 nitrogen and oxygen atoms in total. The molecule has 76 valence electrons. The summed E-state index contributed by atoms with van der Waals surface area (Å²) in [5, 5.41) is 3.43. The number of hydrogen-bond donors (Lipinski definition) is 1. The number of anilines is 1. The molecule has 0 saturated heterocycles. The highest BCUT2D eigenvalue weighted by molar-refractivity contribution is 9.10. The fourth-order valence-electron chi connectivity index (χ4n) is 0.868. The molecule has 0 atom stereocenters. The molecule has 14 heavy (non-hydrogen) atoms. The lowest BCUT2D eigenvalue weighted by atomic mass is 10.2. The molecule has 0 aromatic heterocycles. The van der Waals surface area contributed by atoms with Crippen molar-refractivity contribution in [3.63, 3.8) is 0 Å². The topological polar surface area (TPSA) is 29.1 Å². The molecule has 1 amide bonds. The first-order valence-electron chi connectivity index (χ1n) is 4.26. The van der Waals surface area contributed by atoms with E-state index >= 15 is 0 Å². The average Bonchev–Trinajstić information content (AvgIpc) is 2.09. The van der Waals surface area contributed by atoms with Crippen LogP contribution in [0, 0.1) is 5.92 Å². The zero-order chi connectivity index (χ0) is 10.7. The van der Waals surface area contributed by atoms with Gasteiger partial charge < -0.3 is 5.32 Å². The van der Waals surface area contributed by atoms with Gasteiger partial charge in [0.05, 0.1) is 5.69 Å². The highest BCUT2D eigenvalue weighted by atomic mass is 79.9. The van der Waals surface area contributed by atoms with E-state index in [1.165, 1.54) is 0 Å². The Kier molecular flexibility index (Phi) is 3.96. The van der Waals surface area contributed by atoms with E-state index in [0.717, 1.165) is 10.2 Å². The van der Waals surface area contributed by atoms with E-state index in [9.17, 15) is 4.79 Å². The number of nitrogens with one attached hydrogen (secondary N) is 1. The van der Waals surface area contributed by atoms with Crippen LogP contribution in [-0.4, -0.2) is 5.91 Å². The van der Waals surface area contributed by atoms with Crippen molar-refractivity contribution in [3.05, 3.63) is 27.7 Å². The molecule has 0 unspecified atom stereocenters. The number of amides is 1. The van der Waals surface area contributed by atoms with Gasteiger partial charge >= 0.3 is 0 Å². The molecule has 0 radical (unpaired) electrons. The second kappa shape index (κ2) is 4.80. The second-order valence-corrected chi connectivity index (χ2v) is 4.56. The van der Waals surface area contributed by atoms with Gasteiger partial charge in [-0.1, -0.05) is 25.4 Å². The Bertz CT molecular complexity index is 352. The monoisotopic (exact) mass is 275 g/mol. The van der Waals surface area contributed by atoms with Crippen LogP contribution in [0.25, 0.3) is 0 Å². The van der Waals surface area contributed by atoms with Crippen LogP contribution >= 0.6 is 27.5 Å². The summed E-state index contributed by atoms with van der Waals surface area (Å²) in [6.45, 7) is 3.69. The van der Waals surface area contributed by atoms with E-state index in [2.05, 4.69) is 21.2 Å². The zero-order valence-corrected chi connectivity index (χ0v) is 10.3. The Morgan fingerprint density at radius 3 is 2.64 bits per heavy atom. The van der Waals surface area contributed by atoms with Crippen LogP contribution in [0.2, 0.25) is 5.02 Å². The number of rotatable bonds is 2. The van der Waals surface area contributed by atoms with Crippen molar-refractivity contribution in [1.29, 1.82) is 0 Å². The minimum absolute atomic E-state index is 0.00646. The lowest BCUT2D eigenvalue weighted by molar-refractivity contribution is -0.118. The molecule has 1 aromatic rings. The van der Waals surface area contributed by atoms with Crippen molar-refractivity contribution in [1.82, 2.24) is 0 Å². The van der Waals surface area contributed by atoms with Crippen molar-refractivity contribution in [2.24, 2.45) is 5.92 Å². The maximum atomic E-state index is 11.4. The fraction of sp³-hybridized carbons (Fsp3) is 0.300. The summed E-state index contributed by atoms with van der Waals surface area (Å²) in [6, 6.07) is 5.26. The van der Waals surface area contributed by atoms with Gasteiger partial charge in [-0.05, 0) is 34.1 Å². The van der Waals surface area contributed by atoms with E-state index in [1.54, 1.807) is 18.2 Å². The Labute approximate surface area is 96.8 Å². The van der Waals surface area contributed by atoms with Crippen LogP contribution in [0.4, 0.5) is 5.69 Å². The summed E-state index contributed by atoms with van der Waals surface area (Å²) < 4.78 is 0.791. The molecule has 0 bridgehead atoms. The van der Waals surface area contributed by atoms with Gasteiger partial charge in [-0.2, -0.15) is 0 Å². The van der Waals surface area contributed by atoms with Crippen molar-refractivity contribution >= 4 is 39.1 Å². The van der Waals surface area contributed by atoms with Crippen LogP contribution in [0.1, 0.15) is 13.8 Å². The third kappa shape index (κ3) is 3.00. The van der Waals surface area contributed by atoms with Gasteiger partial charge in [0, 0.05) is 15.4 Å². The minimum Gasteiger partial charge on any atom is -0.325 e. The largest absolute Gasteiger partial charge is 0.325 e. The molecule has 0 aliphatic rings. The highest BCUT2D eigenvalue weighted by Gasteiger charge is 2.08. The van der Waals surface area contributed by atoms with Crippen LogP contribution in [0.5, 0.6) is 0 Å². The maximum absolute atomic E-state index is 11.4. The van der Waals surface area contributed by atoms with Gasteiger partial charge in [0.25, 0.3) is 0 Å². The van der Waals surface area contributed by atoms with Gasteiger partial charge in [-0.25, -0.2) is 0 Å².